The van der Waals surface area contributed by atoms with E-state index in [4.69, 9.17) is 17.0 Å². The standard InChI is InChI=1S/C26H26N2O2S2.C14H15N.C5H12O/c1-15-5-7-18(8-6-15)24-17(3)25-22-11-20(27-14-31)10-9-19(22)13-28(32-4)26(25)16(2)21(24)12-23(29)30;1-15-11-13-9-5-6-10-14(13)12-7-3-2-4-8-12;1-5(2,3)6-4/h5-11,14H,12-13H2,1-4H3,(H,27,31)(H,29,30);2-10,15H,11H2,1H3;1-4H3. The molecule has 1 heterocycles. The number of ether oxygens (including phenoxy) is 1. The van der Waals surface area contributed by atoms with E-state index in [1.807, 2.05) is 40.0 Å². The van der Waals surface area contributed by atoms with Gasteiger partial charge in [-0.2, -0.15) is 0 Å². The Morgan fingerprint density at radius 1 is 0.887 bits per heavy atom. The highest BCUT2D eigenvalue weighted by molar-refractivity contribution is 7.99. The third kappa shape index (κ3) is 10.6. The predicted octanol–water partition coefficient (Wildman–Crippen LogP) is 11.0. The number of fused-ring (bicyclic) bond motifs is 3. The Balaban J connectivity index is 0.000000246. The minimum Gasteiger partial charge on any atom is -0.481 e. The maximum Gasteiger partial charge on any atom is 0.307 e. The Labute approximate surface area is 326 Å². The summed E-state index contributed by atoms with van der Waals surface area (Å²) < 4.78 is 7.21. The molecule has 1 aliphatic heterocycles. The Hall–Kier alpha value is -4.47. The van der Waals surface area contributed by atoms with Crippen LogP contribution < -0.4 is 14.9 Å². The molecular weight excluding hydrogens is 695 g/mol. The molecule has 0 atom stereocenters. The van der Waals surface area contributed by atoms with Crippen molar-refractivity contribution >= 4 is 47.0 Å². The van der Waals surface area contributed by atoms with Crippen molar-refractivity contribution in [2.75, 3.05) is 30.0 Å². The Morgan fingerprint density at radius 3 is 2.11 bits per heavy atom. The lowest BCUT2D eigenvalue weighted by molar-refractivity contribution is -0.136. The van der Waals surface area contributed by atoms with Crippen LogP contribution in [0, 0.1) is 20.8 Å². The van der Waals surface area contributed by atoms with Gasteiger partial charge >= 0.3 is 5.97 Å². The summed E-state index contributed by atoms with van der Waals surface area (Å²) in [5.74, 6) is -0.819. The van der Waals surface area contributed by atoms with Gasteiger partial charge in [-0.1, -0.05) is 115 Å². The zero-order valence-electron chi connectivity index (χ0n) is 32.5. The summed E-state index contributed by atoms with van der Waals surface area (Å²) in [5, 5.41) is 16.1. The fourth-order valence-corrected chi connectivity index (χ4v) is 7.25. The van der Waals surface area contributed by atoms with E-state index >= 15 is 0 Å². The quantitative estimate of drug-likeness (QED) is 0.102. The van der Waals surface area contributed by atoms with Crippen molar-refractivity contribution < 1.29 is 14.6 Å². The zero-order chi connectivity index (χ0) is 38.7. The zero-order valence-corrected chi connectivity index (χ0v) is 34.1. The molecule has 6 nitrogen and oxygen atoms in total. The van der Waals surface area contributed by atoms with Crippen LogP contribution in [0.1, 0.15) is 54.2 Å². The molecule has 0 spiro atoms. The summed E-state index contributed by atoms with van der Waals surface area (Å²) in [4.78, 5) is 11.9. The summed E-state index contributed by atoms with van der Waals surface area (Å²) in [6.07, 6.45) is 2.06. The number of anilines is 2. The molecule has 5 aromatic rings. The highest BCUT2D eigenvalue weighted by Crippen LogP contribution is 2.50. The fraction of sp³-hybridized carbons (Fsp3) is 0.289. The van der Waals surface area contributed by atoms with Crippen LogP contribution in [-0.4, -0.2) is 42.6 Å². The summed E-state index contributed by atoms with van der Waals surface area (Å²) >= 11 is 6.67. The van der Waals surface area contributed by atoms with E-state index in [0.29, 0.717) is 0 Å². The molecule has 0 bridgehead atoms. The molecule has 5 aromatic carbocycles. The number of carboxylic acids is 1. The highest BCUT2D eigenvalue weighted by atomic mass is 32.2. The van der Waals surface area contributed by atoms with Crippen LogP contribution in [0.3, 0.4) is 0 Å². The molecule has 0 saturated heterocycles. The first-order valence-electron chi connectivity index (χ1n) is 17.8. The van der Waals surface area contributed by atoms with Gasteiger partial charge in [0.15, 0.2) is 0 Å². The van der Waals surface area contributed by atoms with Gasteiger partial charge in [0.25, 0.3) is 0 Å². The van der Waals surface area contributed by atoms with Crippen LogP contribution in [-0.2, 0) is 29.0 Å². The van der Waals surface area contributed by atoms with E-state index < -0.39 is 5.97 Å². The maximum atomic E-state index is 11.9. The monoisotopic (exact) mass is 747 g/mol. The second-order valence-corrected chi connectivity index (χ2v) is 15.0. The third-order valence-corrected chi connectivity index (χ3v) is 10.1. The van der Waals surface area contributed by atoms with E-state index in [9.17, 15) is 9.90 Å². The number of hydrogen-bond acceptors (Lipinski definition) is 6. The lowest BCUT2D eigenvalue weighted by Crippen LogP contribution is -2.22. The predicted molar refractivity (Wildman–Crippen MR) is 231 cm³/mol. The lowest BCUT2D eigenvalue weighted by atomic mass is 9.81. The highest BCUT2D eigenvalue weighted by Gasteiger charge is 2.30. The number of nitrogens with one attached hydrogen (secondary N) is 2. The minimum atomic E-state index is -0.819. The maximum absolute atomic E-state index is 11.9. The van der Waals surface area contributed by atoms with Gasteiger partial charge in [0.2, 0.25) is 0 Å². The fourth-order valence-electron chi connectivity index (χ4n) is 6.43. The summed E-state index contributed by atoms with van der Waals surface area (Å²) in [6, 6.07) is 33.7. The van der Waals surface area contributed by atoms with Crippen LogP contribution in [0.5, 0.6) is 0 Å². The first-order chi connectivity index (χ1) is 25.3. The summed E-state index contributed by atoms with van der Waals surface area (Å²) in [7, 11) is 3.68. The van der Waals surface area contributed by atoms with Crippen LogP contribution in [0.2, 0.25) is 0 Å². The smallest absolute Gasteiger partial charge is 0.307 e. The van der Waals surface area contributed by atoms with Crippen LogP contribution in [0.4, 0.5) is 11.4 Å². The van der Waals surface area contributed by atoms with Crippen molar-refractivity contribution in [3.63, 3.8) is 0 Å². The van der Waals surface area contributed by atoms with Gasteiger partial charge in [-0.15, -0.1) is 0 Å². The molecule has 0 radical (unpaired) electrons. The summed E-state index contributed by atoms with van der Waals surface area (Å²) in [5.41, 5.74) is 17.4. The van der Waals surface area contributed by atoms with Crippen LogP contribution >= 0.6 is 24.2 Å². The number of aliphatic carboxylic acids is 1. The summed E-state index contributed by atoms with van der Waals surface area (Å²) in [6.45, 7) is 14.0. The van der Waals surface area contributed by atoms with Crippen molar-refractivity contribution in [2.24, 2.45) is 0 Å². The van der Waals surface area contributed by atoms with Crippen molar-refractivity contribution in [1.29, 1.82) is 0 Å². The number of aryl methyl sites for hydroxylation is 1. The van der Waals surface area contributed by atoms with E-state index in [1.165, 1.54) is 38.9 Å². The molecule has 0 aromatic heterocycles. The third-order valence-electron chi connectivity index (χ3n) is 9.23. The van der Waals surface area contributed by atoms with Gasteiger partial charge in [0, 0.05) is 31.2 Å². The van der Waals surface area contributed by atoms with Crippen molar-refractivity contribution in [3.8, 4) is 33.4 Å². The van der Waals surface area contributed by atoms with Crippen molar-refractivity contribution in [2.45, 2.75) is 66.7 Å². The van der Waals surface area contributed by atoms with E-state index in [1.54, 1.807) is 19.1 Å². The molecular formula is C45H53N3O3S2. The van der Waals surface area contributed by atoms with E-state index in [-0.39, 0.29) is 12.0 Å². The Bertz CT molecular complexity index is 2010. The molecule has 53 heavy (non-hydrogen) atoms. The number of hydrogen-bond donors (Lipinski definition) is 3. The van der Waals surface area contributed by atoms with Gasteiger partial charge < -0.3 is 24.8 Å². The van der Waals surface area contributed by atoms with Gasteiger partial charge in [0.05, 0.1) is 29.7 Å². The molecule has 0 fully saturated rings. The van der Waals surface area contributed by atoms with Crippen molar-refractivity contribution in [1.82, 2.24) is 5.32 Å². The first kappa shape index (κ1) is 41.3. The van der Waals surface area contributed by atoms with Crippen molar-refractivity contribution in [3.05, 3.63) is 130 Å². The molecule has 0 aliphatic carbocycles. The number of methoxy groups -OCH3 is 1. The number of thiocarbonyl (C=S) groups is 1. The minimum absolute atomic E-state index is 0.00918. The number of carbonyl (C=O) groups is 1. The molecule has 0 unspecified atom stereocenters. The van der Waals surface area contributed by atoms with Gasteiger partial charge in [0.1, 0.15) is 0 Å². The number of carboxylic acid groups (broad SMARTS) is 1. The molecule has 278 valence electrons. The van der Waals surface area contributed by atoms with Gasteiger partial charge in [-0.25, -0.2) is 0 Å². The van der Waals surface area contributed by atoms with E-state index in [2.05, 4.69) is 127 Å². The number of benzene rings is 5. The molecule has 8 heteroatoms. The second kappa shape index (κ2) is 19.0. The molecule has 1 aliphatic rings. The average molecular weight is 748 g/mol. The molecule has 0 saturated carbocycles. The Morgan fingerprint density at radius 2 is 1.53 bits per heavy atom. The molecule has 0 amide bonds. The van der Waals surface area contributed by atoms with Crippen LogP contribution in [0.15, 0.2) is 97.1 Å². The van der Waals surface area contributed by atoms with Gasteiger partial charge in [-0.3, -0.25) is 4.79 Å². The SMILES string of the molecule is CNCc1ccccc1-c1ccccc1.COC(C)(C)C.CSN1Cc2ccc(NC=S)cc2-c2c(C)c(-c3ccc(C)cc3)c(CC(=O)O)c(C)c21. The number of nitrogens with zero attached hydrogens (tertiary/aromatic N) is 1. The lowest BCUT2D eigenvalue weighted by Gasteiger charge is -2.36. The Kier molecular flexibility index (Phi) is 14.8. The normalized spacial score (nSPS) is 11.6. The molecule has 3 N–H and O–H groups in total. The van der Waals surface area contributed by atoms with Gasteiger partial charge in [-0.05, 0) is 116 Å². The molecule has 6 rings (SSSR count). The number of rotatable bonds is 9. The van der Waals surface area contributed by atoms with E-state index in [0.717, 1.165) is 57.8 Å². The average Bonchev–Trinajstić information content (AvgIpc) is 3.14. The largest absolute Gasteiger partial charge is 0.481 e. The second-order valence-electron chi connectivity index (χ2n) is 14.0. The topological polar surface area (TPSA) is 73.8 Å². The first-order valence-corrected chi connectivity index (χ1v) is 19.4. The van der Waals surface area contributed by atoms with Crippen LogP contribution in [0.25, 0.3) is 33.4 Å².